The molecular formula is C32H54O4. The number of aliphatic carboxylic acids is 1. The Morgan fingerprint density at radius 2 is 1.67 bits per heavy atom. The van der Waals surface area contributed by atoms with Crippen LogP contribution in [0.3, 0.4) is 0 Å². The Labute approximate surface area is 220 Å². The quantitative estimate of drug-likeness (QED) is 0.342. The molecule has 4 rings (SSSR count). The highest BCUT2D eigenvalue weighted by Gasteiger charge is 2.61. The Bertz CT molecular complexity index is 865. The maximum Gasteiger partial charge on any atom is 0.300 e. The molecule has 8 atom stereocenters. The molecule has 0 amide bonds. The third-order valence-electron chi connectivity index (χ3n) is 11.3. The smallest absolute Gasteiger partial charge is 0.300 e. The Balaban J connectivity index is 0.000000840. The third-order valence-corrected chi connectivity index (χ3v) is 11.3. The zero-order valence-corrected chi connectivity index (χ0v) is 24.4. The van der Waals surface area contributed by atoms with Crippen LogP contribution in [0.2, 0.25) is 0 Å². The number of aliphatic hydroxyl groups is 2. The highest BCUT2D eigenvalue weighted by Crippen LogP contribution is 2.68. The van der Waals surface area contributed by atoms with Gasteiger partial charge in [-0.05, 0) is 109 Å². The van der Waals surface area contributed by atoms with Crippen molar-refractivity contribution in [2.45, 2.75) is 125 Å². The van der Waals surface area contributed by atoms with Gasteiger partial charge in [0.1, 0.15) is 0 Å². The molecule has 4 aliphatic rings. The highest BCUT2D eigenvalue weighted by molar-refractivity contribution is 5.62. The van der Waals surface area contributed by atoms with E-state index in [-0.39, 0.29) is 28.5 Å². The van der Waals surface area contributed by atoms with Crippen LogP contribution in [0.5, 0.6) is 0 Å². The second-order valence-electron chi connectivity index (χ2n) is 14.1. The van der Waals surface area contributed by atoms with Crippen LogP contribution in [-0.2, 0) is 4.79 Å². The van der Waals surface area contributed by atoms with Crippen molar-refractivity contribution in [3.05, 3.63) is 23.3 Å². The first-order valence-corrected chi connectivity index (χ1v) is 14.5. The van der Waals surface area contributed by atoms with Gasteiger partial charge >= 0.3 is 0 Å². The molecule has 2 fully saturated rings. The standard InChI is InChI=1S/C30H50O2.C2H4O2/c1-18(2)19(3)9-10-20(4)22-12-13-23-21-11-14-25-28(5,6)26(32)15-16-29(25,7)27(21)24(31)17-30(22,23)8;1-2(3)4/h18,20,22-26,31-32H,3,9-17H2,1-2,4-8H3;1H3,(H,3,4). The predicted octanol–water partition coefficient (Wildman–Crippen LogP) is 7.40. The molecule has 0 bridgehead atoms. The number of allylic oxidation sites excluding steroid dienone is 2. The fourth-order valence-electron chi connectivity index (χ4n) is 9.29. The van der Waals surface area contributed by atoms with Crippen molar-refractivity contribution in [3.8, 4) is 0 Å². The number of fused-ring (bicyclic) bond motifs is 4. The van der Waals surface area contributed by atoms with Crippen LogP contribution in [0.1, 0.15) is 113 Å². The van der Waals surface area contributed by atoms with E-state index >= 15 is 0 Å². The normalized spacial score (nSPS) is 39.9. The summed E-state index contributed by atoms with van der Waals surface area (Å²) in [6.45, 7) is 21.9. The van der Waals surface area contributed by atoms with Crippen LogP contribution in [0.15, 0.2) is 23.3 Å². The van der Waals surface area contributed by atoms with Crippen molar-refractivity contribution in [2.24, 2.45) is 45.8 Å². The van der Waals surface area contributed by atoms with E-state index in [1.165, 1.54) is 36.8 Å². The van der Waals surface area contributed by atoms with E-state index in [1.807, 2.05) is 0 Å². The monoisotopic (exact) mass is 502 g/mol. The Kier molecular flexibility index (Phi) is 8.63. The number of carboxylic acid groups (broad SMARTS) is 1. The van der Waals surface area contributed by atoms with E-state index < -0.39 is 5.97 Å². The number of aliphatic hydroxyl groups excluding tert-OH is 2. The first-order chi connectivity index (χ1) is 16.6. The van der Waals surface area contributed by atoms with Gasteiger partial charge in [-0.2, -0.15) is 0 Å². The molecule has 4 nitrogen and oxygen atoms in total. The molecule has 2 saturated carbocycles. The van der Waals surface area contributed by atoms with Crippen LogP contribution in [-0.4, -0.2) is 33.5 Å². The lowest BCUT2D eigenvalue weighted by atomic mass is 9.45. The van der Waals surface area contributed by atoms with Crippen LogP contribution >= 0.6 is 0 Å². The zero-order chi connectivity index (χ0) is 27.2. The van der Waals surface area contributed by atoms with Crippen molar-refractivity contribution in [1.29, 1.82) is 0 Å². The summed E-state index contributed by atoms with van der Waals surface area (Å²) >= 11 is 0. The Hall–Kier alpha value is -1.13. The first-order valence-electron chi connectivity index (χ1n) is 14.5. The van der Waals surface area contributed by atoms with E-state index in [2.05, 4.69) is 55.0 Å². The number of rotatable bonds is 5. The molecule has 0 heterocycles. The number of hydrogen-bond acceptors (Lipinski definition) is 3. The molecule has 0 aromatic carbocycles. The summed E-state index contributed by atoms with van der Waals surface area (Å²) in [5, 5.41) is 29.9. The lowest BCUT2D eigenvalue weighted by Crippen LogP contribution is -2.56. The summed E-state index contributed by atoms with van der Waals surface area (Å²) in [5.74, 6) is 2.24. The van der Waals surface area contributed by atoms with Gasteiger partial charge in [0, 0.05) is 6.92 Å². The van der Waals surface area contributed by atoms with Crippen LogP contribution in [0.25, 0.3) is 0 Å². The van der Waals surface area contributed by atoms with E-state index in [9.17, 15) is 10.2 Å². The Morgan fingerprint density at radius 1 is 1.06 bits per heavy atom. The van der Waals surface area contributed by atoms with Gasteiger partial charge in [0.05, 0.1) is 12.2 Å². The lowest BCUT2D eigenvalue weighted by Gasteiger charge is -2.60. The van der Waals surface area contributed by atoms with Crippen molar-refractivity contribution in [2.75, 3.05) is 0 Å². The molecule has 4 heteroatoms. The van der Waals surface area contributed by atoms with Gasteiger partial charge < -0.3 is 15.3 Å². The fourth-order valence-corrected chi connectivity index (χ4v) is 9.29. The minimum absolute atomic E-state index is 0.0514. The molecule has 0 radical (unpaired) electrons. The van der Waals surface area contributed by atoms with Gasteiger partial charge in [-0.3, -0.25) is 4.79 Å². The molecule has 0 saturated heterocycles. The van der Waals surface area contributed by atoms with E-state index in [4.69, 9.17) is 9.90 Å². The molecule has 0 aromatic heterocycles. The van der Waals surface area contributed by atoms with Gasteiger partial charge in [-0.1, -0.05) is 66.2 Å². The number of carbonyl (C=O) groups is 1. The first kappa shape index (κ1) is 29.4. The van der Waals surface area contributed by atoms with Gasteiger partial charge in [0.25, 0.3) is 5.97 Å². The van der Waals surface area contributed by atoms with Crippen molar-refractivity contribution in [3.63, 3.8) is 0 Å². The van der Waals surface area contributed by atoms with E-state index in [0.717, 1.165) is 39.0 Å². The maximum atomic E-state index is 11.7. The van der Waals surface area contributed by atoms with Crippen LogP contribution < -0.4 is 0 Å². The minimum atomic E-state index is -0.833. The molecule has 3 N–H and O–H groups in total. The van der Waals surface area contributed by atoms with Gasteiger partial charge in [-0.15, -0.1) is 0 Å². The second kappa shape index (κ2) is 10.6. The van der Waals surface area contributed by atoms with Crippen molar-refractivity contribution in [1.82, 2.24) is 0 Å². The SMILES string of the molecule is C=C(CCC(C)C1CCC2C3=C(C(O)CC21C)C1(C)CCC(O)C(C)(C)C1CC3)C(C)C.CC(=O)O. The topological polar surface area (TPSA) is 77.8 Å². The maximum absolute atomic E-state index is 11.7. The average molecular weight is 503 g/mol. The zero-order valence-electron chi connectivity index (χ0n) is 24.4. The number of carboxylic acids is 1. The Morgan fingerprint density at radius 3 is 2.25 bits per heavy atom. The fraction of sp³-hybridized carbons (Fsp3) is 0.844. The summed E-state index contributed by atoms with van der Waals surface area (Å²) in [6.07, 6.45) is 9.60. The molecule has 0 spiro atoms. The van der Waals surface area contributed by atoms with Crippen LogP contribution in [0, 0.1) is 45.8 Å². The van der Waals surface area contributed by atoms with Crippen LogP contribution in [0.4, 0.5) is 0 Å². The van der Waals surface area contributed by atoms with Gasteiger partial charge in [0.15, 0.2) is 0 Å². The molecule has 0 aliphatic heterocycles. The second-order valence-corrected chi connectivity index (χ2v) is 14.1. The number of hydrogen-bond donors (Lipinski definition) is 3. The summed E-state index contributed by atoms with van der Waals surface area (Å²) in [5.41, 5.74) is 4.64. The van der Waals surface area contributed by atoms with E-state index in [1.54, 1.807) is 5.57 Å². The third kappa shape index (κ3) is 5.10. The molecule has 0 aromatic rings. The predicted molar refractivity (Wildman–Crippen MR) is 148 cm³/mol. The van der Waals surface area contributed by atoms with Crippen molar-refractivity contribution >= 4 is 5.97 Å². The lowest BCUT2D eigenvalue weighted by molar-refractivity contribution is -0.134. The van der Waals surface area contributed by atoms with E-state index in [0.29, 0.717) is 29.6 Å². The molecular weight excluding hydrogens is 448 g/mol. The van der Waals surface area contributed by atoms with Crippen molar-refractivity contribution < 1.29 is 20.1 Å². The molecule has 206 valence electrons. The summed E-state index contributed by atoms with van der Waals surface area (Å²) in [7, 11) is 0. The minimum Gasteiger partial charge on any atom is -0.481 e. The summed E-state index contributed by atoms with van der Waals surface area (Å²) < 4.78 is 0. The average Bonchev–Trinajstić information content (AvgIpc) is 3.10. The molecule has 8 unspecified atom stereocenters. The summed E-state index contributed by atoms with van der Waals surface area (Å²) in [4.78, 5) is 9.00. The molecule has 36 heavy (non-hydrogen) atoms. The summed E-state index contributed by atoms with van der Waals surface area (Å²) in [6, 6.07) is 0. The molecule has 4 aliphatic carbocycles. The largest absolute Gasteiger partial charge is 0.481 e. The highest BCUT2D eigenvalue weighted by atomic mass is 16.4. The van der Waals surface area contributed by atoms with Gasteiger partial charge in [0.2, 0.25) is 0 Å². The van der Waals surface area contributed by atoms with Gasteiger partial charge in [-0.25, -0.2) is 0 Å².